The van der Waals surface area contributed by atoms with E-state index >= 15 is 0 Å². The van der Waals surface area contributed by atoms with Crippen LogP contribution < -0.4 is 5.32 Å². The SMILES string of the molecule is CCOC(=O)N[C@@H]1CC[C@@H]2[C@@H](C1)C[C@H]1CC(=O)O[C@H]1[C@H]2C=Cc1ccc(-c2cccc(F)c2)cn1. The fourth-order valence-electron chi connectivity index (χ4n) is 6.21. The molecular weight excluding hydrogens is 447 g/mol. The molecule has 1 aliphatic heterocycles. The smallest absolute Gasteiger partial charge is 0.407 e. The van der Waals surface area contributed by atoms with Gasteiger partial charge in [0.2, 0.25) is 0 Å². The summed E-state index contributed by atoms with van der Waals surface area (Å²) in [4.78, 5) is 28.6. The zero-order valence-electron chi connectivity index (χ0n) is 19.9. The molecule has 0 unspecified atom stereocenters. The van der Waals surface area contributed by atoms with Crippen molar-refractivity contribution in [3.05, 3.63) is 60.2 Å². The molecule has 0 spiro atoms. The lowest BCUT2D eigenvalue weighted by molar-refractivity contribution is -0.145. The highest BCUT2D eigenvalue weighted by atomic mass is 19.1. The Morgan fingerprint density at radius 3 is 2.86 bits per heavy atom. The van der Waals surface area contributed by atoms with Crippen LogP contribution in [-0.4, -0.2) is 35.8 Å². The first-order chi connectivity index (χ1) is 17.0. The van der Waals surface area contributed by atoms with Gasteiger partial charge in [-0.2, -0.15) is 0 Å². The summed E-state index contributed by atoms with van der Waals surface area (Å²) in [7, 11) is 0. The summed E-state index contributed by atoms with van der Waals surface area (Å²) >= 11 is 0. The molecular formula is C28H31FN2O4. The van der Waals surface area contributed by atoms with Gasteiger partial charge in [-0.15, -0.1) is 0 Å². The van der Waals surface area contributed by atoms with Gasteiger partial charge in [0.15, 0.2) is 0 Å². The predicted octanol–water partition coefficient (Wildman–Crippen LogP) is 5.38. The molecule has 1 aromatic heterocycles. The molecule has 2 aliphatic carbocycles. The second-order valence-electron chi connectivity index (χ2n) is 9.87. The van der Waals surface area contributed by atoms with Gasteiger partial charge in [-0.1, -0.05) is 24.3 Å². The Balaban J connectivity index is 1.31. The van der Waals surface area contributed by atoms with E-state index in [4.69, 9.17) is 9.47 Å². The lowest BCUT2D eigenvalue weighted by Crippen LogP contribution is -2.48. The number of carbonyl (C=O) groups excluding carboxylic acids is 2. The number of nitrogens with one attached hydrogen (secondary N) is 1. The van der Waals surface area contributed by atoms with Crippen molar-refractivity contribution >= 4 is 18.1 Å². The van der Waals surface area contributed by atoms with Gasteiger partial charge in [-0.3, -0.25) is 9.78 Å². The Bertz CT molecular complexity index is 1100. The highest BCUT2D eigenvalue weighted by Gasteiger charge is 2.51. The number of halogens is 1. The zero-order chi connectivity index (χ0) is 24.4. The number of fused-ring (bicyclic) bond motifs is 2. The summed E-state index contributed by atoms with van der Waals surface area (Å²) in [5.41, 5.74) is 2.46. The number of hydrogen-bond acceptors (Lipinski definition) is 5. The first-order valence-electron chi connectivity index (χ1n) is 12.5. The maximum absolute atomic E-state index is 13.6. The van der Waals surface area contributed by atoms with Crippen molar-refractivity contribution in [1.82, 2.24) is 10.3 Å². The van der Waals surface area contributed by atoms with Gasteiger partial charge < -0.3 is 14.8 Å². The fraction of sp³-hybridized carbons (Fsp3) is 0.464. The van der Waals surface area contributed by atoms with E-state index in [1.807, 2.05) is 24.3 Å². The summed E-state index contributed by atoms with van der Waals surface area (Å²) < 4.78 is 24.4. The number of carbonyl (C=O) groups is 2. The Morgan fingerprint density at radius 2 is 2.09 bits per heavy atom. The van der Waals surface area contributed by atoms with Crippen LogP contribution in [0.1, 0.15) is 44.7 Å². The fourth-order valence-corrected chi connectivity index (χ4v) is 6.21. The molecule has 2 aromatic rings. The van der Waals surface area contributed by atoms with Crippen LogP contribution in [0.2, 0.25) is 0 Å². The third-order valence-corrected chi connectivity index (χ3v) is 7.71. The minimum Gasteiger partial charge on any atom is -0.461 e. The molecule has 1 aromatic carbocycles. The maximum Gasteiger partial charge on any atom is 0.407 e. The molecule has 3 aliphatic rings. The van der Waals surface area contributed by atoms with Gasteiger partial charge in [0, 0.05) is 29.6 Å². The predicted molar refractivity (Wildman–Crippen MR) is 130 cm³/mol. The van der Waals surface area contributed by atoms with E-state index in [0.29, 0.717) is 24.9 Å². The molecule has 7 heteroatoms. The normalized spacial score (nSPS) is 29.8. The second kappa shape index (κ2) is 10.2. The molecule has 6 atom stereocenters. The first kappa shape index (κ1) is 23.5. The molecule has 6 nitrogen and oxygen atoms in total. The molecule has 2 heterocycles. The molecule has 5 rings (SSSR count). The summed E-state index contributed by atoms with van der Waals surface area (Å²) in [5, 5.41) is 3.01. The summed E-state index contributed by atoms with van der Waals surface area (Å²) in [6.07, 6.45) is 9.63. The number of amides is 1. The van der Waals surface area contributed by atoms with E-state index < -0.39 is 0 Å². The van der Waals surface area contributed by atoms with Crippen LogP contribution in [0.15, 0.2) is 48.7 Å². The van der Waals surface area contributed by atoms with Crippen molar-refractivity contribution in [2.75, 3.05) is 6.61 Å². The average molecular weight is 479 g/mol. The number of pyridine rings is 1. The summed E-state index contributed by atoms with van der Waals surface area (Å²) in [6, 6.07) is 10.4. The number of rotatable bonds is 5. The Hall–Kier alpha value is -3.22. The molecule has 1 amide bonds. The van der Waals surface area contributed by atoms with Gasteiger partial charge in [-0.25, -0.2) is 9.18 Å². The van der Waals surface area contributed by atoms with Crippen molar-refractivity contribution in [2.45, 2.75) is 51.2 Å². The van der Waals surface area contributed by atoms with E-state index in [1.165, 1.54) is 12.1 Å². The lowest BCUT2D eigenvalue weighted by Gasteiger charge is -2.47. The largest absolute Gasteiger partial charge is 0.461 e. The number of hydrogen-bond donors (Lipinski definition) is 1. The van der Waals surface area contributed by atoms with Gasteiger partial charge in [0.25, 0.3) is 0 Å². The monoisotopic (exact) mass is 478 g/mol. The van der Waals surface area contributed by atoms with Crippen LogP contribution in [-0.2, 0) is 14.3 Å². The quantitative estimate of drug-likeness (QED) is 0.584. The highest BCUT2D eigenvalue weighted by Crippen LogP contribution is 2.50. The van der Waals surface area contributed by atoms with E-state index in [-0.39, 0.29) is 41.9 Å². The number of benzene rings is 1. The summed E-state index contributed by atoms with van der Waals surface area (Å²) in [5.74, 6) is 0.762. The van der Waals surface area contributed by atoms with E-state index in [1.54, 1.807) is 19.2 Å². The summed E-state index contributed by atoms with van der Waals surface area (Å²) in [6.45, 7) is 2.16. The van der Waals surface area contributed by atoms with Crippen LogP contribution in [0.25, 0.3) is 17.2 Å². The van der Waals surface area contributed by atoms with Crippen LogP contribution in [0, 0.1) is 29.5 Å². The molecule has 0 bridgehead atoms. The molecule has 184 valence electrons. The zero-order valence-corrected chi connectivity index (χ0v) is 19.9. The van der Waals surface area contributed by atoms with E-state index in [2.05, 4.69) is 16.4 Å². The second-order valence-corrected chi connectivity index (χ2v) is 9.87. The lowest BCUT2D eigenvalue weighted by atomic mass is 9.60. The van der Waals surface area contributed by atoms with Crippen molar-refractivity contribution in [1.29, 1.82) is 0 Å². The van der Waals surface area contributed by atoms with Crippen LogP contribution in [0.5, 0.6) is 0 Å². The van der Waals surface area contributed by atoms with Crippen LogP contribution in [0.4, 0.5) is 9.18 Å². The standard InChI is InChI=1S/C28H31FN2O4/c1-2-34-28(33)31-23-9-10-24-19(14-23)12-20-15-26(32)35-27(20)25(24)11-8-22-7-6-18(16-30-22)17-4-3-5-21(29)13-17/h3-8,11,13,16,19-20,23-25,27H,2,9-10,12,14-15H2,1H3,(H,31,33)/t19-,20+,23-,24-,25+,27-/m1/s1. The Morgan fingerprint density at radius 1 is 1.20 bits per heavy atom. The van der Waals surface area contributed by atoms with Gasteiger partial charge in [0.05, 0.1) is 18.7 Å². The van der Waals surface area contributed by atoms with Crippen molar-refractivity contribution in [2.24, 2.45) is 23.7 Å². The Kier molecular flexibility index (Phi) is 6.84. The van der Waals surface area contributed by atoms with E-state index in [0.717, 1.165) is 42.5 Å². The third-order valence-electron chi connectivity index (χ3n) is 7.71. The third kappa shape index (κ3) is 5.24. The van der Waals surface area contributed by atoms with Gasteiger partial charge >= 0.3 is 12.1 Å². The molecule has 3 fully saturated rings. The topological polar surface area (TPSA) is 77.5 Å². The van der Waals surface area contributed by atoms with Crippen LogP contribution in [0.3, 0.4) is 0 Å². The molecule has 0 radical (unpaired) electrons. The molecule has 35 heavy (non-hydrogen) atoms. The van der Waals surface area contributed by atoms with Gasteiger partial charge in [0.1, 0.15) is 11.9 Å². The minimum absolute atomic E-state index is 0.0962. The van der Waals surface area contributed by atoms with Crippen molar-refractivity contribution in [3.8, 4) is 11.1 Å². The molecule has 1 N–H and O–H groups in total. The van der Waals surface area contributed by atoms with E-state index in [9.17, 15) is 14.0 Å². The van der Waals surface area contributed by atoms with Crippen LogP contribution >= 0.6 is 0 Å². The average Bonchev–Trinajstić information content (AvgIpc) is 3.22. The van der Waals surface area contributed by atoms with Gasteiger partial charge in [-0.05, 0) is 74.3 Å². The number of ether oxygens (including phenoxy) is 2. The van der Waals surface area contributed by atoms with Crippen molar-refractivity contribution in [3.63, 3.8) is 0 Å². The molecule has 1 saturated heterocycles. The number of aromatic nitrogens is 1. The Labute approximate surface area is 204 Å². The number of nitrogens with zero attached hydrogens (tertiary/aromatic N) is 1. The first-order valence-corrected chi connectivity index (χ1v) is 12.5. The number of alkyl carbamates (subject to hydrolysis) is 1. The highest BCUT2D eigenvalue weighted by molar-refractivity contribution is 5.72. The maximum atomic E-state index is 13.6. The van der Waals surface area contributed by atoms with Crippen molar-refractivity contribution < 1.29 is 23.5 Å². The number of esters is 1. The molecule has 2 saturated carbocycles. The minimum atomic E-state index is -0.353.